The number of thiazole rings is 1. The van der Waals surface area contributed by atoms with E-state index in [0.717, 1.165) is 29.2 Å². The number of pyridine rings is 1. The van der Waals surface area contributed by atoms with Crippen LogP contribution in [0.3, 0.4) is 0 Å². The molecule has 0 spiro atoms. The summed E-state index contributed by atoms with van der Waals surface area (Å²) < 4.78 is 42.9. The molecule has 1 N–H and O–H groups in total. The number of benzene rings is 1. The first-order valence-corrected chi connectivity index (χ1v) is 17.1. The van der Waals surface area contributed by atoms with Gasteiger partial charge in [0.15, 0.2) is 0 Å². The highest BCUT2D eigenvalue weighted by Gasteiger charge is 2.42. The number of fused-ring (bicyclic) bond motifs is 1. The summed E-state index contributed by atoms with van der Waals surface area (Å²) in [7, 11) is 1.81. The SMILES string of the molecule is Cn1ccc2c(=O)n(CC3(O)CCN(C(=O)[C@@H]4CCN(C(=O)c5cnc(-c6ccnc(C(F)(F)F)c6)s5)C[C@H]4c4ccccc4)CC3)cnc21. The molecule has 2 amide bonds. The third-order valence-corrected chi connectivity index (χ3v) is 10.8. The van der Waals surface area contributed by atoms with Crippen molar-refractivity contribution in [3.05, 3.63) is 99.9 Å². The zero-order chi connectivity index (χ0) is 35.2. The van der Waals surface area contributed by atoms with Crippen LogP contribution in [0.5, 0.6) is 0 Å². The second kappa shape index (κ2) is 13.1. The fourth-order valence-corrected chi connectivity index (χ4v) is 7.88. The number of hydrogen-bond donors (Lipinski definition) is 1. The summed E-state index contributed by atoms with van der Waals surface area (Å²) in [5.41, 5.74) is -0.733. The average Bonchev–Trinajstić information content (AvgIpc) is 3.77. The third kappa shape index (κ3) is 6.54. The zero-order valence-corrected chi connectivity index (χ0v) is 27.9. The van der Waals surface area contributed by atoms with Crippen LogP contribution in [0.2, 0.25) is 0 Å². The maximum Gasteiger partial charge on any atom is 0.433 e. The van der Waals surface area contributed by atoms with E-state index in [1.807, 2.05) is 37.4 Å². The summed E-state index contributed by atoms with van der Waals surface area (Å²) >= 11 is 1.01. The average molecular weight is 706 g/mol. The third-order valence-electron chi connectivity index (χ3n) is 9.78. The van der Waals surface area contributed by atoms with Crippen molar-refractivity contribution in [2.75, 3.05) is 26.2 Å². The highest BCUT2D eigenvalue weighted by molar-refractivity contribution is 7.16. The molecule has 7 rings (SSSR count). The minimum Gasteiger partial charge on any atom is -0.388 e. The fourth-order valence-electron chi connectivity index (χ4n) is 7.00. The topological polar surface area (TPSA) is 126 Å². The van der Waals surface area contributed by atoms with Crippen molar-refractivity contribution < 1.29 is 27.9 Å². The van der Waals surface area contributed by atoms with Crippen LogP contribution in [0.15, 0.2) is 78.2 Å². The van der Waals surface area contributed by atoms with Crippen LogP contribution in [0, 0.1) is 5.92 Å². The number of carbonyl (C=O) groups excluding carboxylic acids is 2. The molecule has 0 aliphatic carbocycles. The van der Waals surface area contributed by atoms with E-state index in [1.165, 1.54) is 23.2 Å². The summed E-state index contributed by atoms with van der Waals surface area (Å²) in [4.78, 5) is 56.6. The molecular formula is C35H34F3N7O4S. The van der Waals surface area contributed by atoms with E-state index in [2.05, 4.69) is 15.0 Å². The first kappa shape index (κ1) is 33.6. The van der Waals surface area contributed by atoms with Gasteiger partial charge in [0.05, 0.1) is 23.7 Å². The van der Waals surface area contributed by atoms with Gasteiger partial charge in [0.1, 0.15) is 27.6 Å². The number of hydrogen-bond acceptors (Lipinski definition) is 8. The summed E-state index contributed by atoms with van der Waals surface area (Å²) in [6.45, 7) is 1.30. The number of aliphatic hydroxyl groups is 1. The van der Waals surface area contributed by atoms with Gasteiger partial charge in [-0.05, 0) is 43.0 Å². The molecule has 2 fully saturated rings. The summed E-state index contributed by atoms with van der Waals surface area (Å²) in [5, 5.41) is 12.2. The number of likely N-dealkylation sites (tertiary alicyclic amines) is 2. The van der Waals surface area contributed by atoms with E-state index in [4.69, 9.17) is 0 Å². The van der Waals surface area contributed by atoms with E-state index in [-0.39, 0.29) is 51.8 Å². The number of alkyl halides is 3. The molecule has 0 radical (unpaired) electrons. The van der Waals surface area contributed by atoms with Crippen molar-refractivity contribution >= 4 is 34.2 Å². The first-order chi connectivity index (χ1) is 23.9. The van der Waals surface area contributed by atoms with Gasteiger partial charge in [0.2, 0.25) is 5.91 Å². The smallest absolute Gasteiger partial charge is 0.388 e. The Hall–Kier alpha value is -4.89. The van der Waals surface area contributed by atoms with E-state index in [0.29, 0.717) is 49.9 Å². The number of carbonyl (C=O) groups is 2. The molecule has 15 heteroatoms. The highest BCUT2D eigenvalue weighted by Crippen LogP contribution is 2.37. The van der Waals surface area contributed by atoms with Gasteiger partial charge < -0.3 is 19.5 Å². The Bertz CT molecular complexity index is 2100. The second-order valence-corrected chi connectivity index (χ2v) is 14.0. The quantitative estimate of drug-likeness (QED) is 0.274. The highest BCUT2D eigenvalue weighted by atomic mass is 32.1. The number of aryl methyl sites for hydroxylation is 1. The molecule has 11 nitrogen and oxygen atoms in total. The van der Waals surface area contributed by atoms with E-state index < -0.39 is 23.4 Å². The summed E-state index contributed by atoms with van der Waals surface area (Å²) in [5.74, 6) is -1.05. The van der Waals surface area contributed by atoms with Crippen LogP contribution < -0.4 is 5.56 Å². The lowest BCUT2D eigenvalue weighted by atomic mass is 9.79. The van der Waals surface area contributed by atoms with Crippen LogP contribution in [0.25, 0.3) is 21.6 Å². The van der Waals surface area contributed by atoms with Crippen LogP contribution in [0.4, 0.5) is 13.2 Å². The maximum atomic E-state index is 14.1. The maximum absolute atomic E-state index is 14.1. The molecule has 0 bridgehead atoms. The molecule has 50 heavy (non-hydrogen) atoms. The molecule has 5 aromatic rings. The van der Waals surface area contributed by atoms with Crippen molar-refractivity contribution in [1.29, 1.82) is 0 Å². The van der Waals surface area contributed by atoms with E-state index in [1.54, 1.807) is 26.6 Å². The van der Waals surface area contributed by atoms with Crippen molar-refractivity contribution in [2.24, 2.45) is 13.0 Å². The van der Waals surface area contributed by atoms with Crippen LogP contribution in [-0.4, -0.2) is 82.6 Å². The monoisotopic (exact) mass is 705 g/mol. The molecule has 2 saturated heterocycles. The van der Waals surface area contributed by atoms with Crippen LogP contribution in [-0.2, 0) is 24.6 Å². The Kier molecular flexibility index (Phi) is 8.80. The Morgan fingerprint density at radius 3 is 2.52 bits per heavy atom. The molecule has 0 unspecified atom stereocenters. The lowest BCUT2D eigenvalue weighted by Crippen LogP contribution is -2.53. The molecule has 6 heterocycles. The van der Waals surface area contributed by atoms with E-state index >= 15 is 0 Å². The lowest BCUT2D eigenvalue weighted by molar-refractivity contribution is -0.142. The normalized spacial score (nSPS) is 19.5. The molecule has 4 aromatic heterocycles. The van der Waals surface area contributed by atoms with Gasteiger partial charge in [-0.2, -0.15) is 13.2 Å². The minimum atomic E-state index is -4.61. The van der Waals surface area contributed by atoms with Crippen LogP contribution >= 0.6 is 11.3 Å². The molecule has 260 valence electrons. The van der Waals surface area contributed by atoms with Gasteiger partial charge in [-0.1, -0.05) is 30.3 Å². The van der Waals surface area contributed by atoms with E-state index in [9.17, 15) is 32.7 Å². The Labute approximate surface area is 288 Å². The molecule has 2 aliphatic rings. The number of rotatable bonds is 6. The minimum absolute atomic E-state index is 0.0456. The van der Waals surface area contributed by atoms with Crippen molar-refractivity contribution in [1.82, 2.24) is 33.9 Å². The second-order valence-electron chi connectivity index (χ2n) is 13.0. The Morgan fingerprint density at radius 1 is 1.02 bits per heavy atom. The first-order valence-electron chi connectivity index (χ1n) is 16.3. The summed E-state index contributed by atoms with van der Waals surface area (Å²) in [6, 6.07) is 13.6. The standard InChI is InChI=1S/C35H34F3N7O4S/c1-42-13-8-25-29(42)41-21-45(32(25)47)20-34(49)10-15-43(16-11-34)31(46)24-9-14-44(19-26(24)22-5-3-2-4-6-22)33(48)27-18-40-30(50-27)23-7-12-39-28(17-23)35(36,37)38/h2-8,12-13,17-18,21,24,26,49H,9-11,14-16,19-20H2,1H3/t24-,26+/m1/s1. The predicted octanol–water partition coefficient (Wildman–Crippen LogP) is 4.57. The number of nitrogens with zero attached hydrogens (tertiary/aromatic N) is 7. The number of halogens is 3. The number of amides is 2. The van der Waals surface area contributed by atoms with Gasteiger partial charge >= 0.3 is 6.18 Å². The van der Waals surface area contributed by atoms with Gasteiger partial charge in [-0.25, -0.2) is 9.97 Å². The zero-order valence-electron chi connectivity index (χ0n) is 27.1. The molecule has 1 aromatic carbocycles. The van der Waals surface area contributed by atoms with Crippen molar-refractivity contribution in [2.45, 2.75) is 43.5 Å². The Balaban J connectivity index is 1.04. The number of aromatic nitrogens is 5. The van der Waals surface area contributed by atoms with Gasteiger partial charge in [-0.15, -0.1) is 11.3 Å². The van der Waals surface area contributed by atoms with Crippen LogP contribution in [0.1, 0.15) is 46.1 Å². The molecular weight excluding hydrogens is 671 g/mol. The predicted molar refractivity (Wildman–Crippen MR) is 179 cm³/mol. The largest absolute Gasteiger partial charge is 0.433 e. The van der Waals surface area contributed by atoms with Gasteiger partial charge in [-0.3, -0.25) is 23.9 Å². The Morgan fingerprint density at radius 2 is 1.78 bits per heavy atom. The van der Waals surface area contributed by atoms with Crippen molar-refractivity contribution in [3.8, 4) is 10.6 Å². The number of piperidine rings is 2. The summed E-state index contributed by atoms with van der Waals surface area (Å²) in [6.07, 6.45) is 2.06. The van der Waals surface area contributed by atoms with Gasteiger partial charge in [0, 0.05) is 63.0 Å². The lowest BCUT2D eigenvalue weighted by Gasteiger charge is -2.43. The van der Waals surface area contributed by atoms with Gasteiger partial charge in [0.25, 0.3) is 11.5 Å². The molecule has 0 saturated carbocycles. The fraction of sp³-hybridized carbons (Fsp3) is 0.371. The molecule has 2 aliphatic heterocycles. The van der Waals surface area contributed by atoms with Crippen molar-refractivity contribution in [3.63, 3.8) is 0 Å². The molecule has 2 atom stereocenters.